The average molecular weight is 311 g/mol. The van der Waals surface area contributed by atoms with Crippen molar-refractivity contribution in [3.63, 3.8) is 0 Å². The molecule has 2 fully saturated rings. The van der Waals surface area contributed by atoms with E-state index in [2.05, 4.69) is 4.98 Å². The second-order valence-corrected chi connectivity index (χ2v) is 6.03. The third-order valence-electron chi connectivity index (χ3n) is 4.95. The van der Waals surface area contributed by atoms with Crippen LogP contribution < -0.4 is 11.2 Å². The molecular formula is C14H21N3O5. The number of hydroxylamine groups is 2. The summed E-state index contributed by atoms with van der Waals surface area (Å²) >= 11 is 0. The molecule has 1 unspecified atom stereocenters. The Balaban J connectivity index is 2.10. The monoisotopic (exact) mass is 311 g/mol. The van der Waals surface area contributed by atoms with Crippen LogP contribution in [0.5, 0.6) is 0 Å². The van der Waals surface area contributed by atoms with E-state index in [1.165, 1.54) is 10.8 Å². The molecule has 8 heteroatoms. The number of nitrogens with zero attached hydrogens (tertiary/aromatic N) is 2. The molecule has 1 aromatic heterocycles. The minimum Gasteiger partial charge on any atom is -0.387 e. The van der Waals surface area contributed by atoms with E-state index >= 15 is 0 Å². The van der Waals surface area contributed by atoms with Crippen molar-refractivity contribution in [1.82, 2.24) is 14.6 Å². The number of hydrogen-bond donors (Lipinski definition) is 2. The lowest BCUT2D eigenvalue weighted by atomic mass is 9.84. The summed E-state index contributed by atoms with van der Waals surface area (Å²) in [5.41, 5.74) is -1.43. The zero-order valence-electron chi connectivity index (χ0n) is 13.1. The summed E-state index contributed by atoms with van der Waals surface area (Å²) < 4.78 is 7.39. The Morgan fingerprint density at radius 2 is 2.14 bits per heavy atom. The second-order valence-electron chi connectivity index (χ2n) is 6.03. The maximum absolute atomic E-state index is 12.1. The highest BCUT2D eigenvalue weighted by molar-refractivity contribution is 5.10. The maximum atomic E-state index is 12.1. The Labute approximate surface area is 127 Å². The fourth-order valence-electron chi connectivity index (χ4n) is 3.42. The van der Waals surface area contributed by atoms with E-state index in [-0.39, 0.29) is 6.04 Å². The first-order valence-electron chi connectivity index (χ1n) is 7.39. The van der Waals surface area contributed by atoms with Gasteiger partial charge in [0.2, 0.25) is 0 Å². The van der Waals surface area contributed by atoms with Gasteiger partial charge in [-0.3, -0.25) is 19.2 Å². The Morgan fingerprint density at radius 1 is 1.45 bits per heavy atom. The topological polar surface area (TPSA) is 96.8 Å². The molecule has 2 aliphatic rings. The Kier molecular flexibility index (Phi) is 3.52. The van der Waals surface area contributed by atoms with E-state index in [4.69, 9.17) is 9.57 Å². The fourth-order valence-corrected chi connectivity index (χ4v) is 3.42. The van der Waals surface area contributed by atoms with Gasteiger partial charge in [-0.15, -0.1) is 0 Å². The molecule has 3 rings (SSSR count). The molecule has 2 saturated heterocycles. The molecule has 122 valence electrons. The SMILES string of the molecule is CC[C@]12O[C@@H](n3cc(C)c(=O)[nH]c3=O)[C@@H](ON(C)[C@H]1C)C2O. The number of aliphatic hydroxyl groups is 1. The van der Waals surface area contributed by atoms with Crippen molar-refractivity contribution in [2.24, 2.45) is 0 Å². The number of aromatic amines is 1. The molecule has 2 aliphatic heterocycles. The third kappa shape index (κ3) is 1.91. The minimum atomic E-state index is -0.854. The molecule has 0 amide bonds. The first-order chi connectivity index (χ1) is 10.3. The first kappa shape index (κ1) is 15.4. The quantitative estimate of drug-likeness (QED) is 0.765. The molecular weight excluding hydrogens is 290 g/mol. The van der Waals surface area contributed by atoms with Crippen LogP contribution in [-0.4, -0.2) is 50.6 Å². The number of fused-ring (bicyclic) bond motifs is 2. The molecule has 0 radical (unpaired) electrons. The average Bonchev–Trinajstić information content (AvgIpc) is 2.69. The van der Waals surface area contributed by atoms with Gasteiger partial charge in [0.25, 0.3) is 5.56 Å². The summed E-state index contributed by atoms with van der Waals surface area (Å²) in [6.07, 6.45) is -0.327. The van der Waals surface area contributed by atoms with Gasteiger partial charge in [0.15, 0.2) is 12.3 Å². The smallest absolute Gasteiger partial charge is 0.330 e. The van der Waals surface area contributed by atoms with E-state index in [0.29, 0.717) is 12.0 Å². The van der Waals surface area contributed by atoms with E-state index in [0.717, 1.165) is 0 Å². The van der Waals surface area contributed by atoms with Gasteiger partial charge in [0.05, 0.1) is 6.04 Å². The number of hydrogen-bond acceptors (Lipinski definition) is 6. The van der Waals surface area contributed by atoms with Gasteiger partial charge in [-0.05, 0) is 20.3 Å². The molecule has 3 heterocycles. The van der Waals surface area contributed by atoms with Crippen molar-refractivity contribution in [2.75, 3.05) is 7.05 Å². The largest absolute Gasteiger partial charge is 0.387 e. The Bertz CT molecular complexity index is 698. The highest BCUT2D eigenvalue weighted by atomic mass is 16.7. The van der Waals surface area contributed by atoms with Crippen LogP contribution in [-0.2, 0) is 9.57 Å². The molecule has 0 aromatic carbocycles. The zero-order valence-corrected chi connectivity index (χ0v) is 13.1. The van der Waals surface area contributed by atoms with Crippen LogP contribution in [0.2, 0.25) is 0 Å². The number of aromatic nitrogens is 2. The summed E-state index contributed by atoms with van der Waals surface area (Å²) in [7, 11) is 1.78. The van der Waals surface area contributed by atoms with E-state index in [9.17, 15) is 14.7 Å². The van der Waals surface area contributed by atoms with Crippen molar-refractivity contribution in [3.05, 3.63) is 32.6 Å². The predicted octanol–water partition coefficient (Wildman–Crippen LogP) is -0.482. The molecule has 2 bridgehead atoms. The Hall–Kier alpha value is -1.48. The number of aryl methyl sites for hydroxylation is 1. The normalized spacial score (nSPS) is 38.4. The van der Waals surface area contributed by atoms with Gasteiger partial charge in [0, 0.05) is 18.8 Å². The molecule has 8 nitrogen and oxygen atoms in total. The molecule has 5 atom stereocenters. The van der Waals surface area contributed by atoms with Gasteiger partial charge in [0.1, 0.15) is 11.7 Å². The highest BCUT2D eigenvalue weighted by Crippen LogP contribution is 2.47. The second kappa shape index (κ2) is 5.02. The van der Waals surface area contributed by atoms with Crippen LogP contribution in [0, 0.1) is 6.92 Å². The summed E-state index contributed by atoms with van der Waals surface area (Å²) in [6.45, 7) is 5.45. The summed E-state index contributed by atoms with van der Waals surface area (Å²) in [5.74, 6) is 0. The summed E-state index contributed by atoms with van der Waals surface area (Å²) in [5, 5.41) is 12.3. The summed E-state index contributed by atoms with van der Waals surface area (Å²) in [6, 6.07) is -0.173. The standard InChI is InChI=1S/C14H21N3O5/c1-5-14-8(3)16(4)22-9(10(14)18)12(21-14)17-6-7(2)11(19)15-13(17)20/h6,8-10,12,18H,5H2,1-4H3,(H,15,19,20)/t8-,9-,10?,12+,14-/m0/s1. The molecule has 2 N–H and O–H groups in total. The van der Waals surface area contributed by atoms with Crippen LogP contribution in [0.3, 0.4) is 0 Å². The molecule has 22 heavy (non-hydrogen) atoms. The van der Waals surface area contributed by atoms with Crippen LogP contribution in [0.4, 0.5) is 0 Å². The van der Waals surface area contributed by atoms with Crippen LogP contribution >= 0.6 is 0 Å². The van der Waals surface area contributed by atoms with E-state index in [1.807, 2.05) is 13.8 Å². The lowest BCUT2D eigenvalue weighted by Gasteiger charge is -2.44. The van der Waals surface area contributed by atoms with Gasteiger partial charge >= 0.3 is 5.69 Å². The number of ether oxygens (including phenoxy) is 1. The first-order valence-corrected chi connectivity index (χ1v) is 7.39. The molecule has 1 aromatic rings. The predicted molar refractivity (Wildman–Crippen MR) is 77.3 cm³/mol. The van der Waals surface area contributed by atoms with Crippen molar-refractivity contribution in [3.8, 4) is 0 Å². The third-order valence-corrected chi connectivity index (χ3v) is 4.95. The van der Waals surface area contributed by atoms with Crippen LogP contribution in [0.1, 0.15) is 32.1 Å². The van der Waals surface area contributed by atoms with Gasteiger partial charge in [-0.25, -0.2) is 4.79 Å². The number of likely N-dealkylation sites (N-methyl/N-ethyl adjacent to an activating group) is 1. The van der Waals surface area contributed by atoms with E-state index < -0.39 is 35.3 Å². The van der Waals surface area contributed by atoms with Gasteiger partial charge in [-0.1, -0.05) is 6.92 Å². The Morgan fingerprint density at radius 3 is 2.77 bits per heavy atom. The van der Waals surface area contributed by atoms with Crippen LogP contribution in [0.15, 0.2) is 15.8 Å². The lowest BCUT2D eigenvalue weighted by Crippen LogP contribution is -2.61. The number of aliphatic hydroxyl groups excluding tert-OH is 1. The van der Waals surface area contributed by atoms with Crippen molar-refractivity contribution < 1.29 is 14.7 Å². The van der Waals surface area contributed by atoms with Gasteiger partial charge < -0.3 is 9.84 Å². The zero-order chi connectivity index (χ0) is 16.2. The van der Waals surface area contributed by atoms with Crippen molar-refractivity contribution in [1.29, 1.82) is 0 Å². The summed E-state index contributed by atoms with van der Waals surface area (Å²) in [4.78, 5) is 31.6. The van der Waals surface area contributed by atoms with Gasteiger partial charge in [-0.2, -0.15) is 5.06 Å². The van der Waals surface area contributed by atoms with E-state index in [1.54, 1.807) is 19.0 Å². The lowest BCUT2D eigenvalue weighted by molar-refractivity contribution is -0.278. The number of nitrogens with one attached hydrogen (secondary N) is 1. The molecule has 0 aliphatic carbocycles. The number of rotatable bonds is 2. The van der Waals surface area contributed by atoms with Crippen molar-refractivity contribution >= 4 is 0 Å². The van der Waals surface area contributed by atoms with Crippen LogP contribution in [0.25, 0.3) is 0 Å². The molecule has 0 spiro atoms. The van der Waals surface area contributed by atoms with Crippen molar-refractivity contribution in [2.45, 2.75) is 57.3 Å². The highest BCUT2D eigenvalue weighted by Gasteiger charge is 2.62. The molecule has 0 saturated carbocycles. The minimum absolute atomic E-state index is 0.173. The maximum Gasteiger partial charge on any atom is 0.330 e. The fraction of sp³-hybridized carbons (Fsp3) is 0.714. The number of H-pyrrole nitrogens is 1.